The number of nitrogens with zero attached hydrogens (tertiary/aromatic N) is 1. The van der Waals surface area contributed by atoms with Crippen molar-refractivity contribution < 1.29 is 19.1 Å². The normalized spacial score (nSPS) is 27.1. The Balaban J connectivity index is 2.48. The monoisotopic (exact) mass is 307 g/mol. The fraction of sp³-hybridized carbons (Fsp3) is 0.706. The highest BCUT2D eigenvalue weighted by Crippen LogP contribution is 2.41. The summed E-state index contributed by atoms with van der Waals surface area (Å²) in [4.78, 5) is 39.7. The highest BCUT2D eigenvalue weighted by atomic mass is 16.5. The van der Waals surface area contributed by atoms with Crippen LogP contribution in [0.2, 0.25) is 0 Å². The Hall–Kier alpha value is -1.65. The number of esters is 1. The summed E-state index contributed by atoms with van der Waals surface area (Å²) >= 11 is 0. The van der Waals surface area contributed by atoms with Gasteiger partial charge in [0.1, 0.15) is 5.92 Å². The van der Waals surface area contributed by atoms with E-state index in [0.717, 1.165) is 31.6 Å². The largest absolute Gasteiger partial charge is 0.468 e. The standard InChI is InChI=1S/C17H25NO4/c1-5-11(18-8-6-7-9-18)13-12(19)10-17(2,3)14(15(13)20)16(21)22-4/h14H,5-10H2,1-4H3/b13-11-/t14-/m1/s1. The van der Waals surface area contributed by atoms with Crippen molar-refractivity contribution in [3.63, 3.8) is 0 Å². The Bertz CT molecular complexity index is 527. The molecule has 0 radical (unpaired) electrons. The van der Waals surface area contributed by atoms with Crippen molar-refractivity contribution >= 4 is 17.5 Å². The first-order valence-electron chi connectivity index (χ1n) is 7.96. The molecule has 1 saturated carbocycles. The minimum Gasteiger partial charge on any atom is -0.468 e. The van der Waals surface area contributed by atoms with Crippen LogP contribution in [0.25, 0.3) is 0 Å². The minimum absolute atomic E-state index is 0.140. The third-order valence-corrected chi connectivity index (χ3v) is 4.73. The maximum absolute atomic E-state index is 12.9. The Labute approximate surface area is 131 Å². The summed E-state index contributed by atoms with van der Waals surface area (Å²) in [5.74, 6) is -1.94. The predicted octanol–water partition coefficient (Wildman–Crippen LogP) is 2.10. The van der Waals surface area contributed by atoms with Gasteiger partial charge in [-0.1, -0.05) is 20.8 Å². The van der Waals surface area contributed by atoms with Gasteiger partial charge in [0, 0.05) is 25.2 Å². The van der Waals surface area contributed by atoms with Crippen LogP contribution in [0, 0.1) is 11.3 Å². The minimum atomic E-state index is -0.894. The third kappa shape index (κ3) is 2.81. The SMILES string of the molecule is CC/C(=C1\C(=O)CC(C)(C)[C@@H](C(=O)OC)C1=O)N1CCCC1. The number of allylic oxidation sites excluding steroid dienone is 2. The molecule has 0 aromatic rings. The molecule has 0 aromatic carbocycles. The number of rotatable bonds is 3. The van der Waals surface area contributed by atoms with Crippen LogP contribution in [-0.4, -0.2) is 42.6 Å². The van der Waals surface area contributed by atoms with Gasteiger partial charge in [0.15, 0.2) is 11.6 Å². The Kier molecular flexibility index (Phi) is 4.73. The molecule has 1 saturated heterocycles. The van der Waals surface area contributed by atoms with Gasteiger partial charge in [-0.3, -0.25) is 14.4 Å². The lowest BCUT2D eigenvalue weighted by Gasteiger charge is -2.37. The smallest absolute Gasteiger partial charge is 0.317 e. The molecule has 2 fully saturated rings. The lowest BCUT2D eigenvalue weighted by Crippen LogP contribution is -2.47. The first-order valence-corrected chi connectivity index (χ1v) is 7.96. The number of methoxy groups -OCH3 is 1. The molecule has 2 rings (SSSR count). The topological polar surface area (TPSA) is 63.7 Å². The molecule has 0 aromatic heterocycles. The Morgan fingerprint density at radius 2 is 1.86 bits per heavy atom. The Morgan fingerprint density at radius 3 is 2.36 bits per heavy atom. The summed E-state index contributed by atoms with van der Waals surface area (Å²) in [5.41, 5.74) is 0.338. The van der Waals surface area contributed by atoms with E-state index < -0.39 is 17.3 Å². The quantitative estimate of drug-likeness (QED) is 0.346. The van der Waals surface area contributed by atoms with Crippen LogP contribution < -0.4 is 0 Å². The number of carbonyl (C=O) groups excluding carboxylic acids is 3. The van der Waals surface area contributed by atoms with E-state index in [0.29, 0.717) is 6.42 Å². The van der Waals surface area contributed by atoms with E-state index in [1.165, 1.54) is 7.11 Å². The summed E-state index contributed by atoms with van der Waals surface area (Å²) < 4.78 is 4.81. The average molecular weight is 307 g/mol. The fourth-order valence-corrected chi connectivity index (χ4v) is 3.63. The van der Waals surface area contributed by atoms with E-state index in [4.69, 9.17) is 4.74 Å². The summed E-state index contributed by atoms with van der Waals surface area (Å²) in [6.07, 6.45) is 2.97. The van der Waals surface area contributed by atoms with Gasteiger partial charge >= 0.3 is 5.97 Å². The molecule has 1 atom stereocenters. The molecule has 122 valence electrons. The van der Waals surface area contributed by atoms with Gasteiger partial charge in [-0.2, -0.15) is 0 Å². The summed E-state index contributed by atoms with van der Waals surface area (Å²) in [6, 6.07) is 0. The lowest BCUT2D eigenvalue weighted by atomic mass is 9.65. The number of hydrogen-bond donors (Lipinski definition) is 0. The molecule has 5 nitrogen and oxygen atoms in total. The first kappa shape index (κ1) is 16.7. The number of hydrogen-bond acceptors (Lipinski definition) is 5. The van der Waals surface area contributed by atoms with Gasteiger partial charge in [0.25, 0.3) is 0 Å². The molecule has 1 aliphatic heterocycles. The van der Waals surface area contributed by atoms with Crippen molar-refractivity contribution in [2.45, 2.75) is 46.5 Å². The van der Waals surface area contributed by atoms with Crippen molar-refractivity contribution in [3.8, 4) is 0 Å². The van der Waals surface area contributed by atoms with E-state index in [1.54, 1.807) is 13.8 Å². The molecule has 22 heavy (non-hydrogen) atoms. The maximum Gasteiger partial charge on any atom is 0.317 e. The maximum atomic E-state index is 12.9. The first-order chi connectivity index (χ1) is 10.3. The second-order valence-corrected chi connectivity index (χ2v) is 6.78. The zero-order valence-electron chi connectivity index (χ0n) is 13.9. The van der Waals surface area contributed by atoms with E-state index in [2.05, 4.69) is 4.90 Å². The van der Waals surface area contributed by atoms with Crippen molar-refractivity contribution in [1.29, 1.82) is 0 Å². The van der Waals surface area contributed by atoms with E-state index in [-0.39, 0.29) is 23.6 Å². The zero-order valence-corrected chi connectivity index (χ0v) is 13.9. The molecule has 1 aliphatic carbocycles. The van der Waals surface area contributed by atoms with Crippen LogP contribution in [0.5, 0.6) is 0 Å². The van der Waals surface area contributed by atoms with Gasteiger partial charge in [0.2, 0.25) is 0 Å². The third-order valence-electron chi connectivity index (χ3n) is 4.73. The molecule has 0 unspecified atom stereocenters. The molecule has 0 N–H and O–H groups in total. The van der Waals surface area contributed by atoms with Crippen LogP contribution in [0.15, 0.2) is 11.3 Å². The average Bonchev–Trinajstić information content (AvgIpc) is 2.95. The second kappa shape index (κ2) is 6.23. The van der Waals surface area contributed by atoms with E-state index in [1.807, 2.05) is 6.92 Å². The van der Waals surface area contributed by atoms with Gasteiger partial charge in [-0.25, -0.2) is 0 Å². The van der Waals surface area contributed by atoms with Crippen molar-refractivity contribution in [1.82, 2.24) is 4.90 Å². The fourth-order valence-electron chi connectivity index (χ4n) is 3.63. The predicted molar refractivity (Wildman–Crippen MR) is 82.0 cm³/mol. The van der Waals surface area contributed by atoms with Crippen molar-refractivity contribution in [2.24, 2.45) is 11.3 Å². The molecule has 0 amide bonds. The molecule has 5 heteroatoms. The molecule has 0 bridgehead atoms. The summed E-state index contributed by atoms with van der Waals surface area (Å²) in [7, 11) is 1.28. The zero-order chi connectivity index (χ0) is 16.5. The van der Waals surface area contributed by atoms with Gasteiger partial charge in [-0.05, 0) is 24.7 Å². The number of Topliss-reactive ketones (excluding diaryl/α,β-unsaturated/α-hetero) is 2. The number of ketones is 2. The van der Waals surface area contributed by atoms with Crippen molar-refractivity contribution in [3.05, 3.63) is 11.3 Å². The second-order valence-electron chi connectivity index (χ2n) is 6.78. The van der Waals surface area contributed by atoms with Gasteiger partial charge in [-0.15, -0.1) is 0 Å². The summed E-state index contributed by atoms with van der Waals surface area (Å²) in [5, 5.41) is 0. The Morgan fingerprint density at radius 1 is 1.27 bits per heavy atom. The molecular weight excluding hydrogens is 282 g/mol. The number of ether oxygens (including phenoxy) is 1. The van der Waals surface area contributed by atoms with Crippen LogP contribution >= 0.6 is 0 Å². The van der Waals surface area contributed by atoms with Gasteiger partial charge in [0.05, 0.1) is 12.7 Å². The summed E-state index contributed by atoms with van der Waals surface area (Å²) in [6.45, 7) is 7.26. The number of likely N-dealkylation sites (tertiary alicyclic amines) is 1. The van der Waals surface area contributed by atoms with Crippen molar-refractivity contribution in [2.75, 3.05) is 20.2 Å². The molecule has 0 spiro atoms. The number of carbonyl (C=O) groups is 3. The lowest BCUT2D eigenvalue weighted by molar-refractivity contribution is -0.155. The van der Waals surface area contributed by atoms with Gasteiger partial charge < -0.3 is 9.64 Å². The molecule has 2 aliphatic rings. The van der Waals surface area contributed by atoms with E-state index >= 15 is 0 Å². The van der Waals surface area contributed by atoms with Crippen LogP contribution in [0.4, 0.5) is 0 Å². The van der Waals surface area contributed by atoms with Crippen LogP contribution in [0.1, 0.15) is 46.5 Å². The van der Waals surface area contributed by atoms with Crippen LogP contribution in [0.3, 0.4) is 0 Å². The van der Waals surface area contributed by atoms with Crippen LogP contribution in [-0.2, 0) is 19.1 Å². The molecular formula is C17H25NO4. The molecule has 1 heterocycles. The van der Waals surface area contributed by atoms with E-state index in [9.17, 15) is 14.4 Å². The highest BCUT2D eigenvalue weighted by molar-refractivity contribution is 6.27. The highest BCUT2D eigenvalue weighted by Gasteiger charge is 2.50.